The van der Waals surface area contributed by atoms with Gasteiger partial charge in [0.2, 0.25) is 6.29 Å². The Morgan fingerprint density at radius 3 is 2.66 bits per heavy atom. The Balaban J connectivity index is 1.88. The molecule has 2 aromatic rings. The quantitative estimate of drug-likeness (QED) is 0.396. The molecule has 2 aliphatic heterocycles. The van der Waals surface area contributed by atoms with E-state index in [2.05, 4.69) is 21.1 Å². The summed E-state index contributed by atoms with van der Waals surface area (Å²) in [5.74, 6) is 0. The number of hydrogen-bond donors (Lipinski definition) is 0. The summed E-state index contributed by atoms with van der Waals surface area (Å²) in [6.07, 6.45) is 5.53. The van der Waals surface area contributed by atoms with E-state index < -0.39 is 6.97 Å². The predicted octanol–water partition coefficient (Wildman–Crippen LogP) is 4.04. The second kappa shape index (κ2) is 6.88. The van der Waals surface area contributed by atoms with E-state index in [0.717, 1.165) is 43.3 Å². The maximum atomic E-state index is 15.8. The second-order valence-corrected chi connectivity index (χ2v) is 9.71. The fourth-order valence-electron chi connectivity index (χ4n) is 4.21. The molecule has 0 saturated carbocycles. The maximum absolute atomic E-state index is 15.8. The molecule has 4 heterocycles. The zero-order chi connectivity index (χ0) is 21.0. The molecule has 0 fully saturated rings. The Labute approximate surface area is 173 Å². The Hall–Kier alpha value is -2.32. The van der Waals surface area contributed by atoms with Gasteiger partial charge in [-0.25, -0.2) is 0 Å². The molecule has 152 valence electrons. The number of quaternary nitrogens is 1. The topological polar surface area (TPSA) is 25.0 Å². The number of rotatable bonds is 6. The first-order valence-electron chi connectivity index (χ1n) is 9.76. The van der Waals surface area contributed by atoms with E-state index in [0.29, 0.717) is 28.9 Å². The zero-order valence-electron chi connectivity index (χ0n) is 17.2. The molecule has 0 saturated heterocycles. The van der Waals surface area contributed by atoms with Gasteiger partial charge in [-0.3, -0.25) is 4.79 Å². The van der Waals surface area contributed by atoms with E-state index in [-0.39, 0.29) is 5.71 Å². The lowest BCUT2D eigenvalue weighted by atomic mass is 9.89. The minimum atomic E-state index is -4.17. The van der Waals surface area contributed by atoms with Crippen LogP contribution in [0, 0.1) is 0 Å². The van der Waals surface area contributed by atoms with Gasteiger partial charge in [-0.15, -0.1) is 11.3 Å². The average molecular weight is 416 g/mol. The summed E-state index contributed by atoms with van der Waals surface area (Å²) in [7, 11) is 6.40. The van der Waals surface area contributed by atoms with Crippen molar-refractivity contribution in [1.82, 2.24) is 4.48 Å². The van der Waals surface area contributed by atoms with Crippen molar-refractivity contribution in [2.24, 2.45) is 0 Å². The minimum Gasteiger partial charge on any atom is -0.389 e. The number of nitrogens with zero attached hydrogens (tertiary/aromatic N) is 3. The summed E-state index contributed by atoms with van der Waals surface area (Å²) in [5, 5.41) is 1.89. The van der Waals surface area contributed by atoms with Crippen LogP contribution in [0.25, 0.3) is 16.6 Å². The summed E-state index contributed by atoms with van der Waals surface area (Å²) in [6.45, 7) is -1.43. The molecule has 4 rings (SSSR count). The highest BCUT2D eigenvalue weighted by molar-refractivity contribution is 7.13. The number of aromatic nitrogens is 1. The number of aryl methyl sites for hydroxylation is 1. The molecule has 2 aromatic heterocycles. The van der Waals surface area contributed by atoms with Crippen LogP contribution < -0.4 is 0 Å². The van der Waals surface area contributed by atoms with Crippen molar-refractivity contribution in [2.75, 3.05) is 27.7 Å². The van der Waals surface area contributed by atoms with Gasteiger partial charge in [0.25, 0.3) is 0 Å². The lowest BCUT2D eigenvalue weighted by Gasteiger charge is -2.31. The SMILES string of the molecule is CC1=CC(C=O)=[N+]2C1=Cc1c(CCC[N+](C)(C)C)cc(-c3cccs3)n1[B-]2(F)F. The van der Waals surface area contributed by atoms with E-state index in [4.69, 9.17) is 0 Å². The van der Waals surface area contributed by atoms with E-state index in [1.807, 2.05) is 29.7 Å². The predicted molar refractivity (Wildman–Crippen MR) is 115 cm³/mol. The van der Waals surface area contributed by atoms with Crippen molar-refractivity contribution in [1.29, 1.82) is 0 Å². The first-order chi connectivity index (χ1) is 13.6. The third-order valence-electron chi connectivity index (χ3n) is 5.53. The highest BCUT2D eigenvalue weighted by Gasteiger charge is 2.54. The molecule has 29 heavy (non-hydrogen) atoms. The Morgan fingerprint density at radius 1 is 1.28 bits per heavy atom. The van der Waals surface area contributed by atoms with E-state index in [1.165, 1.54) is 11.3 Å². The van der Waals surface area contributed by atoms with Crippen LogP contribution in [-0.2, 0) is 11.2 Å². The van der Waals surface area contributed by atoms with E-state index in [1.54, 1.807) is 13.0 Å². The van der Waals surface area contributed by atoms with Crippen LogP contribution in [0.15, 0.2) is 40.9 Å². The van der Waals surface area contributed by atoms with Crippen LogP contribution >= 0.6 is 11.3 Å². The molecule has 0 aliphatic carbocycles. The van der Waals surface area contributed by atoms with Crippen molar-refractivity contribution in [3.63, 3.8) is 0 Å². The molecular formula is C21H25BF2N3OS+. The Morgan fingerprint density at radius 2 is 2.03 bits per heavy atom. The van der Waals surface area contributed by atoms with Crippen molar-refractivity contribution >= 4 is 36.4 Å². The van der Waals surface area contributed by atoms with Crippen LogP contribution in [0.3, 0.4) is 0 Å². The largest absolute Gasteiger partial charge is 0.738 e. The van der Waals surface area contributed by atoms with Crippen molar-refractivity contribution in [3.05, 3.63) is 52.2 Å². The molecule has 0 amide bonds. The maximum Gasteiger partial charge on any atom is 0.738 e. The van der Waals surface area contributed by atoms with Crippen molar-refractivity contribution in [2.45, 2.75) is 19.8 Å². The summed E-state index contributed by atoms with van der Waals surface area (Å²) in [4.78, 5) is 12.3. The number of aldehydes is 1. The monoisotopic (exact) mass is 416 g/mol. The summed E-state index contributed by atoms with van der Waals surface area (Å²) >= 11 is 1.45. The standard InChI is InChI=1S/C21H25BF2N3OS/c1-15-11-17(14-28)25-18(15)13-19-16(7-5-9-27(2,3)4)12-20(21-8-6-10-29-21)26(19)22(25,23)24/h6,8,10-14H,5,7,9H2,1-4H3/q+1. The molecule has 4 nitrogen and oxygen atoms in total. The number of hydrogen-bond acceptors (Lipinski definition) is 2. The molecule has 0 spiro atoms. The zero-order valence-corrected chi connectivity index (χ0v) is 18.0. The van der Waals surface area contributed by atoms with Crippen LogP contribution in [0.4, 0.5) is 8.63 Å². The summed E-state index contributed by atoms with van der Waals surface area (Å²) in [5.41, 5.74) is 3.14. The first-order valence-corrected chi connectivity index (χ1v) is 10.6. The fourth-order valence-corrected chi connectivity index (χ4v) is 4.95. The van der Waals surface area contributed by atoms with Crippen molar-refractivity contribution < 1.29 is 22.4 Å². The lowest BCUT2D eigenvalue weighted by Crippen LogP contribution is -2.50. The highest BCUT2D eigenvalue weighted by atomic mass is 32.1. The number of fused-ring (bicyclic) bond motifs is 2. The highest BCUT2D eigenvalue weighted by Crippen LogP contribution is 2.41. The molecule has 0 N–H and O–H groups in total. The van der Waals surface area contributed by atoms with Gasteiger partial charge in [-0.05, 0) is 36.4 Å². The number of thiophene rings is 1. The summed E-state index contributed by atoms with van der Waals surface area (Å²) < 4.78 is 34.6. The molecule has 0 aromatic carbocycles. The molecular weight excluding hydrogens is 391 g/mol. The van der Waals surface area contributed by atoms with E-state index in [9.17, 15) is 4.79 Å². The van der Waals surface area contributed by atoms with Crippen LogP contribution in [0.5, 0.6) is 0 Å². The van der Waals surface area contributed by atoms with Crippen LogP contribution in [0.1, 0.15) is 24.6 Å². The van der Waals surface area contributed by atoms with Crippen LogP contribution in [-0.4, -0.2) is 60.1 Å². The molecule has 0 bridgehead atoms. The van der Waals surface area contributed by atoms with Gasteiger partial charge in [0, 0.05) is 40.4 Å². The smallest absolute Gasteiger partial charge is 0.389 e. The second-order valence-electron chi connectivity index (χ2n) is 8.76. The molecule has 0 unspecified atom stereocenters. The number of carbonyl (C=O) groups excluding carboxylic acids is 1. The Kier molecular flexibility index (Phi) is 4.74. The van der Waals surface area contributed by atoms with Gasteiger partial charge in [-0.1, -0.05) is 6.07 Å². The summed E-state index contributed by atoms with van der Waals surface area (Å²) in [6, 6.07) is 5.65. The normalized spacial score (nSPS) is 17.7. The van der Waals surface area contributed by atoms with Gasteiger partial charge in [-0.2, -0.15) is 0 Å². The molecule has 0 atom stereocenters. The lowest BCUT2D eigenvalue weighted by molar-refractivity contribution is -0.870. The average Bonchev–Trinajstić information content (AvgIpc) is 3.32. The number of halogens is 2. The van der Waals surface area contributed by atoms with Gasteiger partial charge < -0.3 is 22.1 Å². The first kappa shape index (κ1) is 20.0. The molecule has 8 heteroatoms. The molecule has 0 radical (unpaired) electrons. The van der Waals surface area contributed by atoms with E-state index >= 15 is 8.63 Å². The number of allylic oxidation sites excluding steroid dienone is 2. The third-order valence-corrected chi connectivity index (χ3v) is 6.42. The Bertz CT molecular complexity index is 1070. The van der Waals surface area contributed by atoms with Gasteiger partial charge in [0.05, 0.1) is 27.7 Å². The fraction of sp³-hybridized carbons (Fsp3) is 0.333. The number of carbonyl (C=O) groups is 1. The third kappa shape index (κ3) is 3.34. The molecule has 2 aliphatic rings. The minimum absolute atomic E-state index is 0.0156. The van der Waals surface area contributed by atoms with Gasteiger partial charge in [0.15, 0.2) is 11.4 Å². The van der Waals surface area contributed by atoms with Crippen LogP contribution in [0.2, 0.25) is 0 Å². The van der Waals surface area contributed by atoms with Crippen molar-refractivity contribution in [3.8, 4) is 10.6 Å². The van der Waals surface area contributed by atoms with Gasteiger partial charge in [0.1, 0.15) is 0 Å². The van der Waals surface area contributed by atoms with Gasteiger partial charge >= 0.3 is 6.97 Å².